The molecule has 2 aliphatic heterocycles. The monoisotopic (exact) mass is 486 g/mol. The van der Waals surface area contributed by atoms with E-state index in [1.807, 2.05) is 0 Å². The van der Waals surface area contributed by atoms with E-state index in [0.29, 0.717) is 37.9 Å². The number of carbonyl (C=O) groups is 4. The summed E-state index contributed by atoms with van der Waals surface area (Å²) in [5.41, 5.74) is 11.2. The second-order valence-electron chi connectivity index (χ2n) is 7.98. The number of hydrogen-bond donors (Lipinski definition) is 4. The van der Waals surface area contributed by atoms with Gasteiger partial charge in [-0.2, -0.15) is 0 Å². The zero-order chi connectivity index (χ0) is 25.6. The molecule has 3 atom stereocenters. The normalized spacial score (nSPS) is 20.0. The van der Waals surface area contributed by atoms with Crippen molar-refractivity contribution in [2.45, 2.75) is 31.3 Å². The molecule has 0 aliphatic carbocycles. The first kappa shape index (κ1) is 26.6. The van der Waals surface area contributed by atoms with Crippen molar-refractivity contribution < 1.29 is 42.6 Å². The number of nitrogens with two attached hydrogens (primary N) is 2. The Bertz CT molecular complexity index is 974. The van der Waals surface area contributed by atoms with E-state index in [1.165, 1.54) is 4.90 Å². The lowest BCUT2D eigenvalue weighted by molar-refractivity contribution is -0.134. The van der Waals surface area contributed by atoms with Crippen LogP contribution in [0.1, 0.15) is 18.4 Å². The van der Waals surface area contributed by atoms with Gasteiger partial charge in [0.15, 0.2) is 11.6 Å². The quantitative estimate of drug-likeness (QED) is 0.339. The summed E-state index contributed by atoms with van der Waals surface area (Å²) >= 11 is 0. The van der Waals surface area contributed by atoms with Gasteiger partial charge in [0.1, 0.15) is 5.82 Å². The number of benzene rings is 1. The molecule has 0 bridgehead atoms. The highest BCUT2D eigenvalue weighted by atomic mass is 19.2. The van der Waals surface area contributed by atoms with Crippen molar-refractivity contribution in [3.63, 3.8) is 0 Å². The Balaban J connectivity index is 0.000000440. The smallest absolute Gasteiger partial charge is 0.328 e. The molecule has 2 aliphatic rings. The third kappa shape index (κ3) is 7.20. The molecule has 0 aromatic heterocycles. The Morgan fingerprint density at radius 3 is 2.18 bits per heavy atom. The fourth-order valence-electron chi connectivity index (χ4n) is 4.01. The highest BCUT2D eigenvalue weighted by Gasteiger charge is 2.44. The number of fused-ring (bicyclic) bond motifs is 1. The molecule has 2 fully saturated rings. The first-order valence-corrected chi connectivity index (χ1v) is 10.3. The number of nitrogens with zero attached hydrogens (tertiary/aromatic N) is 2. The lowest BCUT2D eigenvalue weighted by Gasteiger charge is -2.26. The summed E-state index contributed by atoms with van der Waals surface area (Å²) in [5.74, 6) is -5.81. The van der Waals surface area contributed by atoms with E-state index in [-0.39, 0.29) is 36.3 Å². The van der Waals surface area contributed by atoms with Crippen molar-refractivity contribution in [1.29, 1.82) is 0 Å². The number of aliphatic carboxylic acids is 2. The predicted molar refractivity (Wildman–Crippen MR) is 112 cm³/mol. The van der Waals surface area contributed by atoms with Gasteiger partial charge in [0, 0.05) is 56.2 Å². The van der Waals surface area contributed by atoms with Gasteiger partial charge in [-0.25, -0.2) is 27.6 Å². The number of urea groups is 1. The maximum atomic E-state index is 13.7. The molecule has 13 heteroatoms. The van der Waals surface area contributed by atoms with Crippen molar-refractivity contribution in [2.75, 3.05) is 19.6 Å². The van der Waals surface area contributed by atoms with E-state index in [2.05, 4.69) is 0 Å². The lowest BCUT2D eigenvalue weighted by Crippen LogP contribution is -2.43. The van der Waals surface area contributed by atoms with E-state index < -0.39 is 41.5 Å². The SMILES string of the molecule is NC(=O)N1C[C@@H]2CCN(C(=O)CC(N)Cc3cc(F)c(F)cc3F)[C@@H]2C1.O=C(O)C=CC(=O)O. The molecule has 3 amide bonds. The van der Waals surface area contributed by atoms with Gasteiger partial charge in [0.2, 0.25) is 5.91 Å². The first-order valence-electron chi connectivity index (χ1n) is 10.3. The van der Waals surface area contributed by atoms with Gasteiger partial charge in [-0.05, 0) is 24.5 Å². The van der Waals surface area contributed by atoms with Crippen molar-refractivity contribution in [3.05, 3.63) is 47.3 Å². The zero-order valence-electron chi connectivity index (χ0n) is 18.0. The summed E-state index contributed by atoms with van der Waals surface area (Å²) in [5, 5.41) is 15.6. The predicted octanol–water partition coefficient (Wildman–Crippen LogP) is 0.687. The molecule has 0 saturated carbocycles. The van der Waals surface area contributed by atoms with Crippen LogP contribution in [0.2, 0.25) is 0 Å². The summed E-state index contributed by atoms with van der Waals surface area (Å²) in [7, 11) is 0. The standard InChI is InChI=1S/C17H21F3N4O2.C4H4O4/c18-12-6-14(20)13(19)4-10(12)3-11(21)5-16(25)24-2-1-9-7-23(17(22)26)8-15(9)24;5-3(6)1-2-4(7)8/h4,6,9,11,15H,1-3,5,7-8,21H2,(H2,22,26);1-2H,(H,5,6)(H,7,8)/t9-,11?,15+;/m0./s1. The van der Waals surface area contributed by atoms with Crippen LogP contribution in [0, 0.1) is 23.4 Å². The molecular formula is C21H25F3N4O6. The van der Waals surface area contributed by atoms with Crippen LogP contribution >= 0.6 is 0 Å². The Labute approximate surface area is 192 Å². The highest BCUT2D eigenvalue weighted by Crippen LogP contribution is 2.32. The van der Waals surface area contributed by atoms with E-state index in [1.54, 1.807) is 4.90 Å². The highest BCUT2D eigenvalue weighted by molar-refractivity contribution is 5.89. The fourth-order valence-corrected chi connectivity index (χ4v) is 4.01. The van der Waals surface area contributed by atoms with Crippen LogP contribution in [0.5, 0.6) is 0 Å². The average molecular weight is 486 g/mol. The van der Waals surface area contributed by atoms with Gasteiger partial charge in [-0.1, -0.05) is 0 Å². The maximum Gasteiger partial charge on any atom is 0.328 e. The van der Waals surface area contributed by atoms with Gasteiger partial charge >= 0.3 is 18.0 Å². The van der Waals surface area contributed by atoms with E-state index in [9.17, 15) is 32.3 Å². The van der Waals surface area contributed by atoms with Crippen molar-refractivity contribution in [1.82, 2.24) is 9.80 Å². The molecule has 34 heavy (non-hydrogen) atoms. The van der Waals surface area contributed by atoms with E-state index in [4.69, 9.17) is 21.7 Å². The Kier molecular flexibility index (Phi) is 9.01. The minimum absolute atomic E-state index is 0.0434. The maximum absolute atomic E-state index is 13.7. The van der Waals surface area contributed by atoms with Crippen LogP contribution in [0.25, 0.3) is 0 Å². The molecular weight excluding hydrogens is 461 g/mol. The zero-order valence-corrected chi connectivity index (χ0v) is 18.0. The van der Waals surface area contributed by atoms with Crippen molar-refractivity contribution >= 4 is 23.9 Å². The third-order valence-electron chi connectivity index (χ3n) is 5.56. The topological polar surface area (TPSA) is 167 Å². The number of carboxylic acids is 2. The number of hydrogen-bond acceptors (Lipinski definition) is 5. The lowest BCUT2D eigenvalue weighted by atomic mass is 10.0. The molecule has 1 unspecified atom stereocenters. The van der Waals surface area contributed by atoms with Crippen LogP contribution in [0.4, 0.5) is 18.0 Å². The number of halogens is 3. The summed E-state index contributed by atoms with van der Waals surface area (Å²) in [6, 6.07) is -0.0711. The molecule has 1 aromatic rings. The number of carbonyl (C=O) groups excluding carboxylic acids is 2. The van der Waals surface area contributed by atoms with Crippen LogP contribution in [0.15, 0.2) is 24.3 Å². The number of likely N-dealkylation sites (tertiary alicyclic amines) is 2. The molecule has 2 saturated heterocycles. The molecule has 2 heterocycles. The molecule has 0 spiro atoms. The third-order valence-corrected chi connectivity index (χ3v) is 5.56. The van der Waals surface area contributed by atoms with Crippen LogP contribution in [-0.4, -0.2) is 75.6 Å². The molecule has 10 nitrogen and oxygen atoms in total. The average Bonchev–Trinajstić information content (AvgIpc) is 3.32. The molecule has 0 radical (unpaired) electrons. The van der Waals surface area contributed by atoms with Gasteiger partial charge in [0.05, 0.1) is 6.04 Å². The number of carboxylic acid groups (broad SMARTS) is 2. The number of primary amides is 1. The summed E-state index contributed by atoms with van der Waals surface area (Å²) in [6.07, 6.45) is 1.78. The van der Waals surface area contributed by atoms with Crippen LogP contribution in [0.3, 0.4) is 0 Å². The van der Waals surface area contributed by atoms with Gasteiger partial charge < -0.3 is 31.5 Å². The Hall–Kier alpha value is -3.61. The van der Waals surface area contributed by atoms with E-state index in [0.717, 1.165) is 12.5 Å². The van der Waals surface area contributed by atoms with Gasteiger partial charge in [-0.15, -0.1) is 0 Å². The van der Waals surface area contributed by atoms with Gasteiger partial charge in [0.25, 0.3) is 0 Å². The number of amides is 3. The largest absolute Gasteiger partial charge is 0.478 e. The van der Waals surface area contributed by atoms with Crippen LogP contribution < -0.4 is 11.5 Å². The minimum Gasteiger partial charge on any atom is -0.478 e. The second-order valence-corrected chi connectivity index (χ2v) is 7.98. The Morgan fingerprint density at radius 1 is 1.03 bits per heavy atom. The van der Waals surface area contributed by atoms with Crippen LogP contribution in [-0.2, 0) is 20.8 Å². The van der Waals surface area contributed by atoms with Gasteiger partial charge in [-0.3, -0.25) is 4.79 Å². The second kappa shape index (κ2) is 11.5. The molecule has 6 N–H and O–H groups in total. The molecule has 1 aromatic carbocycles. The fraction of sp³-hybridized carbons (Fsp3) is 0.429. The minimum atomic E-state index is -1.26. The van der Waals surface area contributed by atoms with Crippen molar-refractivity contribution in [2.24, 2.45) is 17.4 Å². The summed E-state index contributed by atoms with van der Waals surface area (Å²) in [6.45, 7) is 1.52. The molecule has 3 rings (SSSR count). The Morgan fingerprint density at radius 2 is 1.62 bits per heavy atom. The van der Waals surface area contributed by atoms with Crippen molar-refractivity contribution in [3.8, 4) is 0 Å². The first-order chi connectivity index (χ1) is 15.9. The summed E-state index contributed by atoms with van der Waals surface area (Å²) < 4.78 is 40.0. The molecule has 186 valence electrons. The number of rotatable bonds is 6. The summed E-state index contributed by atoms with van der Waals surface area (Å²) in [4.78, 5) is 46.2. The van der Waals surface area contributed by atoms with E-state index >= 15 is 0 Å².